The molecule has 0 amide bonds. The van der Waals surface area contributed by atoms with Gasteiger partial charge in [-0.25, -0.2) is 0 Å². The number of halogens is 2. The van der Waals surface area contributed by atoms with Crippen molar-refractivity contribution in [1.82, 2.24) is 0 Å². The van der Waals surface area contributed by atoms with Gasteiger partial charge in [-0.1, -0.05) is 24.3 Å². The predicted molar refractivity (Wildman–Crippen MR) is 74.5 cm³/mol. The van der Waals surface area contributed by atoms with Crippen LogP contribution in [0.3, 0.4) is 0 Å². The maximum absolute atomic E-state index is 12.0. The van der Waals surface area contributed by atoms with Gasteiger partial charge in [0.15, 0.2) is 0 Å². The fraction of sp³-hybridized carbons (Fsp3) is 0.250. The van der Waals surface area contributed by atoms with Crippen molar-refractivity contribution < 1.29 is 13.5 Å². The lowest BCUT2D eigenvalue weighted by molar-refractivity contribution is -0.0498. The third-order valence-electron chi connectivity index (χ3n) is 3.59. The molecule has 0 aromatic heterocycles. The molecule has 20 heavy (non-hydrogen) atoms. The largest absolute Gasteiger partial charge is 0.435 e. The maximum Gasteiger partial charge on any atom is 0.387 e. The van der Waals surface area contributed by atoms with Crippen LogP contribution in [0.4, 0.5) is 14.5 Å². The molecular formula is C16H15F2NO. The van der Waals surface area contributed by atoms with E-state index in [1.807, 2.05) is 0 Å². The van der Waals surface area contributed by atoms with Crippen LogP contribution in [0.15, 0.2) is 48.5 Å². The summed E-state index contributed by atoms with van der Waals surface area (Å²) in [6.45, 7) is -1.92. The minimum Gasteiger partial charge on any atom is -0.435 e. The Kier molecular flexibility index (Phi) is 3.54. The standard InChI is InChI=1S/C16H15F2NO/c17-16(18)20-14-7-5-13(6-8-14)19-10-12-9-11-3-1-2-4-15(11)12/h1-8,12,16,19H,9-10H2. The highest BCUT2D eigenvalue weighted by molar-refractivity contribution is 5.48. The van der Waals surface area contributed by atoms with E-state index in [1.54, 1.807) is 24.3 Å². The average Bonchev–Trinajstić information content (AvgIpc) is 2.41. The fourth-order valence-corrected chi connectivity index (χ4v) is 2.54. The normalized spacial score (nSPS) is 16.4. The zero-order valence-electron chi connectivity index (χ0n) is 10.9. The van der Waals surface area contributed by atoms with Crippen molar-refractivity contribution in [3.8, 4) is 5.75 Å². The van der Waals surface area contributed by atoms with Crippen molar-refractivity contribution in [1.29, 1.82) is 0 Å². The van der Waals surface area contributed by atoms with E-state index in [9.17, 15) is 8.78 Å². The molecule has 0 radical (unpaired) electrons. The summed E-state index contributed by atoms with van der Waals surface area (Å²) in [5, 5.41) is 3.32. The van der Waals surface area contributed by atoms with E-state index in [1.165, 1.54) is 11.1 Å². The first-order valence-corrected chi connectivity index (χ1v) is 6.59. The fourth-order valence-electron chi connectivity index (χ4n) is 2.54. The first-order chi connectivity index (χ1) is 9.72. The Bertz CT molecular complexity index is 583. The summed E-state index contributed by atoms with van der Waals surface area (Å²) >= 11 is 0. The second kappa shape index (κ2) is 5.49. The molecule has 0 heterocycles. The van der Waals surface area contributed by atoms with E-state index in [4.69, 9.17) is 0 Å². The van der Waals surface area contributed by atoms with Crippen LogP contribution >= 0.6 is 0 Å². The van der Waals surface area contributed by atoms with E-state index in [0.29, 0.717) is 5.92 Å². The molecule has 0 aliphatic heterocycles. The van der Waals surface area contributed by atoms with Gasteiger partial charge >= 0.3 is 6.61 Å². The van der Waals surface area contributed by atoms with Gasteiger partial charge in [-0.15, -0.1) is 0 Å². The smallest absolute Gasteiger partial charge is 0.387 e. The van der Waals surface area contributed by atoms with Crippen LogP contribution in [-0.2, 0) is 6.42 Å². The number of fused-ring (bicyclic) bond motifs is 1. The van der Waals surface area contributed by atoms with E-state index >= 15 is 0 Å². The zero-order chi connectivity index (χ0) is 13.9. The van der Waals surface area contributed by atoms with Crippen LogP contribution in [0, 0.1) is 0 Å². The molecule has 2 nitrogen and oxygen atoms in total. The first-order valence-electron chi connectivity index (χ1n) is 6.59. The highest BCUT2D eigenvalue weighted by Crippen LogP contribution is 2.34. The van der Waals surface area contributed by atoms with Crippen LogP contribution in [0.2, 0.25) is 0 Å². The van der Waals surface area contributed by atoms with Gasteiger partial charge in [-0.3, -0.25) is 0 Å². The summed E-state index contributed by atoms with van der Waals surface area (Å²) in [7, 11) is 0. The number of nitrogens with one attached hydrogen (secondary N) is 1. The molecule has 0 bridgehead atoms. The molecule has 0 fully saturated rings. The molecule has 1 unspecified atom stereocenters. The summed E-state index contributed by atoms with van der Waals surface area (Å²) in [4.78, 5) is 0. The second-order valence-electron chi connectivity index (χ2n) is 4.88. The van der Waals surface area contributed by atoms with Gasteiger partial charge in [-0.2, -0.15) is 8.78 Å². The molecule has 4 heteroatoms. The van der Waals surface area contributed by atoms with Crippen molar-refractivity contribution in [2.45, 2.75) is 19.0 Å². The zero-order valence-corrected chi connectivity index (χ0v) is 10.9. The van der Waals surface area contributed by atoms with Crippen LogP contribution < -0.4 is 10.1 Å². The molecule has 1 aliphatic carbocycles. The lowest BCUT2D eigenvalue weighted by Gasteiger charge is -2.30. The lowest BCUT2D eigenvalue weighted by atomic mass is 9.77. The summed E-state index contributed by atoms with van der Waals surface area (Å²) in [5.41, 5.74) is 3.73. The molecule has 1 atom stereocenters. The van der Waals surface area contributed by atoms with Crippen molar-refractivity contribution in [3.05, 3.63) is 59.7 Å². The van der Waals surface area contributed by atoms with Gasteiger partial charge < -0.3 is 10.1 Å². The summed E-state index contributed by atoms with van der Waals surface area (Å²) in [6, 6.07) is 15.0. The molecule has 2 aromatic rings. The predicted octanol–water partition coefficient (Wildman–Crippen LogP) is 4.04. The number of ether oxygens (including phenoxy) is 1. The molecule has 2 aromatic carbocycles. The maximum atomic E-state index is 12.0. The van der Waals surface area contributed by atoms with Crippen LogP contribution in [0.5, 0.6) is 5.75 Å². The minimum absolute atomic E-state index is 0.180. The molecule has 1 aliphatic rings. The van der Waals surface area contributed by atoms with E-state index < -0.39 is 6.61 Å². The van der Waals surface area contributed by atoms with Crippen LogP contribution in [-0.4, -0.2) is 13.2 Å². The number of benzene rings is 2. The van der Waals surface area contributed by atoms with E-state index in [2.05, 4.69) is 34.3 Å². The summed E-state index contributed by atoms with van der Waals surface area (Å²) < 4.78 is 28.4. The number of anilines is 1. The number of hydrogen-bond acceptors (Lipinski definition) is 2. The Balaban J connectivity index is 1.55. The Labute approximate surface area is 116 Å². The van der Waals surface area contributed by atoms with Gasteiger partial charge in [0.1, 0.15) is 5.75 Å². The third-order valence-corrected chi connectivity index (χ3v) is 3.59. The van der Waals surface area contributed by atoms with Gasteiger partial charge in [0, 0.05) is 18.2 Å². The van der Waals surface area contributed by atoms with Gasteiger partial charge in [0.2, 0.25) is 0 Å². The highest BCUT2D eigenvalue weighted by atomic mass is 19.3. The minimum atomic E-state index is -2.78. The van der Waals surface area contributed by atoms with Crippen molar-refractivity contribution in [3.63, 3.8) is 0 Å². The monoisotopic (exact) mass is 275 g/mol. The molecule has 104 valence electrons. The van der Waals surface area contributed by atoms with Crippen LogP contribution in [0.25, 0.3) is 0 Å². The first kappa shape index (κ1) is 12.9. The Morgan fingerprint density at radius 1 is 1.10 bits per heavy atom. The third kappa shape index (κ3) is 2.74. The van der Waals surface area contributed by atoms with Gasteiger partial charge in [0.05, 0.1) is 0 Å². The molecule has 0 saturated carbocycles. The molecule has 1 N–H and O–H groups in total. The number of rotatable bonds is 5. The Hall–Kier alpha value is -2.10. The molecule has 3 rings (SSSR count). The topological polar surface area (TPSA) is 21.3 Å². The van der Waals surface area contributed by atoms with Crippen molar-refractivity contribution in [2.75, 3.05) is 11.9 Å². The Morgan fingerprint density at radius 2 is 1.85 bits per heavy atom. The highest BCUT2D eigenvalue weighted by Gasteiger charge is 2.24. The van der Waals surface area contributed by atoms with Gasteiger partial charge in [-0.05, 0) is 41.8 Å². The van der Waals surface area contributed by atoms with E-state index in [0.717, 1.165) is 18.7 Å². The molecule has 0 spiro atoms. The van der Waals surface area contributed by atoms with Crippen molar-refractivity contribution >= 4 is 5.69 Å². The van der Waals surface area contributed by atoms with Gasteiger partial charge in [0.25, 0.3) is 0 Å². The van der Waals surface area contributed by atoms with Crippen LogP contribution in [0.1, 0.15) is 17.0 Å². The average molecular weight is 275 g/mol. The van der Waals surface area contributed by atoms with Crippen molar-refractivity contribution in [2.24, 2.45) is 0 Å². The Morgan fingerprint density at radius 3 is 2.55 bits per heavy atom. The number of hydrogen-bond donors (Lipinski definition) is 1. The molecular weight excluding hydrogens is 260 g/mol. The quantitative estimate of drug-likeness (QED) is 0.889. The second-order valence-corrected chi connectivity index (χ2v) is 4.88. The molecule has 0 saturated heterocycles. The SMILES string of the molecule is FC(F)Oc1ccc(NCC2Cc3ccccc32)cc1. The summed E-state index contributed by atoms with van der Waals surface area (Å²) in [6.07, 6.45) is 1.09. The lowest BCUT2D eigenvalue weighted by Crippen LogP contribution is -2.24. The number of alkyl halides is 2. The van der Waals surface area contributed by atoms with E-state index in [-0.39, 0.29) is 5.75 Å². The summed E-state index contributed by atoms with van der Waals surface area (Å²) in [5.74, 6) is 0.711.